The Morgan fingerprint density at radius 2 is 1.76 bits per heavy atom. The summed E-state index contributed by atoms with van der Waals surface area (Å²) >= 11 is 6.18. The van der Waals surface area contributed by atoms with Gasteiger partial charge in [0.25, 0.3) is 0 Å². The zero-order valence-corrected chi connectivity index (χ0v) is 19.9. The van der Waals surface area contributed by atoms with Crippen molar-refractivity contribution < 1.29 is 23.8 Å². The highest BCUT2D eigenvalue weighted by Gasteiger charge is 2.21. The Kier molecular flexibility index (Phi) is 8.62. The number of carbonyl (C=O) groups excluding carboxylic acids is 2. The molecule has 0 atom stereocenters. The average Bonchev–Trinajstić information content (AvgIpc) is 3.34. The summed E-state index contributed by atoms with van der Waals surface area (Å²) in [4.78, 5) is 29.7. The van der Waals surface area contributed by atoms with Gasteiger partial charge in [0.1, 0.15) is 6.61 Å². The van der Waals surface area contributed by atoms with Crippen molar-refractivity contribution in [3.05, 3.63) is 47.5 Å². The number of rotatable bonds is 3. The van der Waals surface area contributed by atoms with Crippen molar-refractivity contribution in [1.29, 1.82) is 0 Å². The number of nitrogens with one attached hydrogen (secondary N) is 1. The minimum Gasteiger partial charge on any atom is -0.487 e. The molecule has 34 heavy (non-hydrogen) atoms. The minimum atomic E-state index is -0.332. The number of benzene rings is 2. The van der Waals surface area contributed by atoms with Gasteiger partial charge in [-0.25, -0.2) is 0 Å². The van der Waals surface area contributed by atoms with Crippen molar-refractivity contribution in [2.75, 3.05) is 57.9 Å². The Morgan fingerprint density at radius 3 is 2.59 bits per heavy atom. The number of para-hydroxylation sites is 2. The van der Waals surface area contributed by atoms with E-state index in [4.69, 9.17) is 25.8 Å². The lowest BCUT2D eigenvalue weighted by Gasteiger charge is -2.24. The van der Waals surface area contributed by atoms with Crippen molar-refractivity contribution in [1.82, 2.24) is 9.80 Å². The molecule has 182 valence electrons. The van der Waals surface area contributed by atoms with Gasteiger partial charge in [-0.15, -0.1) is 0 Å². The third kappa shape index (κ3) is 6.85. The van der Waals surface area contributed by atoms with Gasteiger partial charge in [-0.05, 0) is 56.3 Å². The molecule has 2 aromatic rings. The van der Waals surface area contributed by atoms with Crippen LogP contribution in [0.25, 0.3) is 0 Å². The van der Waals surface area contributed by atoms with Gasteiger partial charge in [0, 0.05) is 24.5 Å². The standard InChI is InChI=1S/C25H30ClN3O5/c26-19-7-8-21-20(17-19)27-24(30)18-29(25(31)9-12-28-10-3-4-11-28)13-14-32-15-16-33-22-5-1-2-6-23(22)34-21/h1-2,5-8,17H,3-4,9-16,18H2,(H,27,30). The van der Waals surface area contributed by atoms with E-state index in [9.17, 15) is 9.59 Å². The maximum Gasteiger partial charge on any atom is 0.244 e. The summed E-state index contributed by atoms with van der Waals surface area (Å²) < 4.78 is 17.6. The highest BCUT2D eigenvalue weighted by Crippen LogP contribution is 2.36. The Hall–Kier alpha value is -2.81. The smallest absolute Gasteiger partial charge is 0.244 e. The molecular weight excluding hydrogens is 458 g/mol. The fraction of sp³-hybridized carbons (Fsp3) is 0.440. The fourth-order valence-electron chi connectivity index (χ4n) is 4.02. The van der Waals surface area contributed by atoms with E-state index in [1.165, 1.54) is 12.8 Å². The van der Waals surface area contributed by atoms with Crippen molar-refractivity contribution in [3.8, 4) is 17.2 Å². The van der Waals surface area contributed by atoms with Crippen LogP contribution in [0, 0.1) is 0 Å². The quantitative estimate of drug-likeness (QED) is 0.709. The lowest BCUT2D eigenvalue weighted by Crippen LogP contribution is -2.41. The van der Waals surface area contributed by atoms with Gasteiger partial charge >= 0.3 is 0 Å². The number of ether oxygens (including phenoxy) is 3. The lowest BCUT2D eigenvalue weighted by molar-refractivity contribution is -0.135. The van der Waals surface area contributed by atoms with Crippen LogP contribution in [0.2, 0.25) is 5.02 Å². The van der Waals surface area contributed by atoms with Crippen LogP contribution in [-0.4, -0.2) is 74.2 Å². The van der Waals surface area contributed by atoms with Crippen LogP contribution in [0.15, 0.2) is 42.5 Å². The van der Waals surface area contributed by atoms with Gasteiger partial charge in [-0.2, -0.15) is 0 Å². The van der Waals surface area contributed by atoms with Crippen LogP contribution in [0.5, 0.6) is 17.2 Å². The molecule has 0 unspecified atom stereocenters. The van der Waals surface area contributed by atoms with Gasteiger partial charge < -0.3 is 29.3 Å². The first-order chi connectivity index (χ1) is 16.6. The second-order valence-electron chi connectivity index (χ2n) is 8.31. The Morgan fingerprint density at radius 1 is 0.971 bits per heavy atom. The molecule has 2 aromatic carbocycles. The summed E-state index contributed by atoms with van der Waals surface area (Å²) in [6.45, 7) is 3.98. The largest absolute Gasteiger partial charge is 0.487 e. The maximum absolute atomic E-state index is 12.9. The third-order valence-electron chi connectivity index (χ3n) is 5.80. The topological polar surface area (TPSA) is 80.3 Å². The molecule has 0 bridgehead atoms. The maximum atomic E-state index is 12.9. The first kappa shape index (κ1) is 24.3. The van der Waals surface area contributed by atoms with Crippen LogP contribution in [0.4, 0.5) is 5.69 Å². The van der Waals surface area contributed by atoms with E-state index in [-0.39, 0.29) is 18.4 Å². The minimum absolute atomic E-state index is 0.0683. The van der Waals surface area contributed by atoms with Gasteiger partial charge in [0.2, 0.25) is 11.8 Å². The number of hydrogen-bond donors (Lipinski definition) is 1. The molecule has 9 heteroatoms. The molecule has 0 radical (unpaired) electrons. The third-order valence-corrected chi connectivity index (χ3v) is 6.04. The Labute approximate surface area is 204 Å². The normalized spacial score (nSPS) is 17.9. The van der Waals surface area contributed by atoms with E-state index in [2.05, 4.69) is 10.2 Å². The van der Waals surface area contributed by atoms with Crippen LogP contribution in [0.1, 0.15) is 19.3 Å². The molecule has 1 saturated heterocycles. The second kappa shape index (κ2) is 12.1. The summed E-state index contributed by atoms with van der Waals surface area (Å²) in [6.07, 6.45) is 2.71. The van der Waals surface area contributed by atoms with E-state index in [1.807, 2.05) is 18.2 Å². The van der Waals surface area contributed by atoms with E-state index in [1.54, 1.807) is 29.2 Å². The summed E-state index contributed by atoms with van der Waals surface area (Å²) in [5.41, 5.74) is 0.419. The van der Waals surface area contributed by atoms with E-state index < -0.39 is 0 Å². The van der Waals surface area contributed by atoms with Crippen molar-refractivity contribution in [2.45, 2.75) is 19.3 Å². The molecule has 2 aliphatic heterocycles. The van der Waals surface area contributed by atoms with E-state index >= 15 is 0 Å². The molecule has 2 heterocycles. The van der Waals surface area contributed by atoms with Crippen molar-refractivity contribution in [3.63, 3.8) is 0 Å². The molecule has 0 saturated carbocycles. The van der Waals surface area contributed by atoms with Crippen LogP contribution < -0.4 is 14.8 Å². The number of halogens is 1. The number of carbonyl (C=O) groups is 2. The number of fused-ring (bicyclic) bond motifs is 2. The summed E-state index contributed by atoms with van der Waals surface area (Å²) in [5.74, 6) is 1.09. The van der Waals surface area contributed by atoms with Gasteiger partial charge in [0.15, 0.2) is 17.2 Å². The molecule has 0 aromatic heterocycles. The number of likely N-dealkylation sites (tertiary alicyclic amines) is 1. The van der Waals surface area contributed by atoms with E-state index in [0.717, 1.165) is 13.1 Å². The number of anilines is 1. The molecule has 4 rings (SSSR count). The van der Waals surface area contributed by atoms with Crippen molar-refractivity contribution in [2.24, 2.45) is 0 Å². The van der Waals surface area contributed by atoms with Crippen molar-refractivity contribution >= 4 is 29.1 Å². The van der Waals surface area contributed by atoms with Gasteiger partial charge in [-0.3, -0.25) is 9.59 Å². The number of amides is 2. The molecule has 0 spiro atoms. The highest BCUT2D eigenvalue weighted by molar-refractivity contribution is 6.31. The molecule has 0 aliphatic carbocycles. The summed E-state index contributed by atoms with van der Waals surface area (Å²) in [7, 11) is 0. The highest BCUT2D eigenvalue weighted by atomic mass is 35.5. The Bertz CT molecular complexity index is 996. The van der Waals surface area contributed by atoms with Gasteiger partial charge in [0.05, 0.1) is 25.4 Å². The van der Waals surface area contributed by atoms with E-state index in [0.29, 0.717) is 67.3 Å². The molecule has 2 aliphatic rings. The molecular formula is C25H30ClN3O5. The zero-order valence-electron chi connectivity index (χ0n) is 19.1. The predicted molar refractivity (Wildman–Crippen MR) is 130 cm³/mol. The van der Waals surface area contributed by atoms with Gasteiger partial charge in [-0.1, -0.05) is 23.7 Å². The second-order valence-corrected chi connectivity index (χ2v) is 8.75. The molecule has 1 fully saturated rings. The first-order valence-electron chi connectivity index (χ1n) is 11.7. The summed E-state index contributed by atoms with van der Waals surface area (Å²) in [6, 6.07) is 12.3. The number of nitrogens with zero attached hydrogens (tertiary/aromatic N) is 2. The monoisotopic (exact) mass is 487 g/mol. The predicted octanol–water partition coefficient (Wildman–Crippen LogP) is 3.79. The SMILES string of the molecule is O=C1CN(C(=O)CCN2CCCC2)CCOCCOc2ccccc2Oc2ccc(Cl)cc2N1. The zero-order chi connectivity index (χ0) is 23.8. The average molecular weight is 488 g/mol. The molecule has 1 N–H and O–H groups in total. The van der Waals surface area contributed by atoms with Crippen LogP contribution in [-0.2, 0) is 14.3 Å². The molecule has 8 nitrogen and oxygen atoms in total. The number of hydrogen-bond acceptors (Lipinski definition) is 6. The lowest BCUT2D eigenvalue weighted by atomic mass is 10.2. The molecule has 2 amide bonds. The fourth-order valence-corrected chi connectivity index (χ4v) is 4.19. The first-order valence-corrected chi connectivity index (χ1v) is 12.0. The Balaban J connectivity index is 1.51. The van der Waals surface area contributed by atoms with Crippen LogP contribution in [0.3, 0.4) is 0 Å². The summed E-state index contributed by atoms with van der Waals surface area (Å²) in [5, 5.41) is 3.30. The van der Waals surface area contributed by atoms with Crippen LogP contribution >= 0.6 is 11.6 Å².